The van der Waals surface area contributed by atoms with Crippen molar-refractivity contribution >= 4 is 22.0 Å². The first-order chi connectivity index (χ1) is 8.02. The SMILES string of the molecule is COc1c(C(C)C)cc(Br)c(C)c1CN=C=O. The Hall–Kier alpha value is -1.12. The first-order valence-corrected chi connectivity index (χ1v) is 6.21. The predicted molar refractivity (Wildman–Crippen MR) is 71.3 cm³/mol. The predicted octanol–water partition coefficient (Wildman–Crippen LogP) is 3.73. The Balaban J connectivity index is 3.46. The van der Waals surface area contributed by atoms with E-state index in [4.69, 9.17) is 4.74 Å². The smallest absolute Gasteiger partial charge is 0.235 e. The monoisotopic (exact) mass is 297 g/mol. The third kappa shape index (κ3) is 2.96. The van der Waals surface area contributed by atoms with E-state index in [9.17, 15) is 4.79 Å². The molecule has 0 saturated carbocycles. The van der Waals surface area contributed by atoms with Gasteiger partial charge in [-0.25, -0.2) is 9.79 Å². The van der Waals surface area contributed by atoms with Crippen molar-refractivity contribution in [1.82, 2.24) is 0 Å². The van der Waals surface area contributed by atoms with E-state index in [1.807, 2.05) is 6.92 Å². The fourth-order valence-electron chi connectivity index (χ4n) is 1.77. The molecule has 0 aromatic heterocycles. The van der Waals surface area contributed by atoms with Crippen LogP contribution in [-0.2, 0) is 11.3 Å². The molecule has 1 rings (SSSR count). The Morgan fingerprint density at radius 1 is 1.53 bits per heavy atom. The number of hydrogen-bond donors (Lipinski definition) is 0. The molecule has 0 bridgehead atoms. The number of nitrogens with zero attached hydrogens (tertiary/aromatic N) is 1. The summed E-state index contributed by atoms with van der Waals surface area (Å²) in [6.07, 6.45) is 1.57. The minimum atomic E-state index is 0.303. The summed E-state index contributed by atoms with van der Waals surface area (Å²) in [5.74, 6) is 1.17. The topological polar surface area (TPSA) is 38.7 Å². The van der Waals surface area contributed by atoms with Crippen LogP contribution >= 0.6 is 15.9 Å². The summed E-state index contributed by atoms with van der Waals surface area (Å²) < 4.78 is 6.47. The van der Waals surface area contributed by atoms with Gasteiger partial charge in [0.1, 0.15) is 5.75 Å². The van der Waals surface area contributed by atoms with E-state index in [-0.39, 0.29) is 0 Å². The quantitative estimate of drug-likeness (QED) is 0.627. The van der Waals surface area contributed by atoms with Gasteiger partial charge in [-0.3, -0.25) is 0 Å². The number of aliphatic imine (C=N–C) groups is 1. The third-order valence-corrected chi connectivity index (χ3v) is 3.58. The highest BCUT2D eigenvalue weighted by atomic mass is 79.9. The molecule has 0 spiro atoms. The highest BCUT2D eigenvalue weighted by molar-refractivity contribution is 9.10. The first-order valence-electron chi connectivity index (χ1n) is 5.42. The van der Waals surface area contributed by atoms with Crippen LogP contribution in [0, 0.1) is 6.92 Å². The van der Waals surface area contributed by atoms with Crippen LogP contribution in [0.3, 0.4) is 0 Å². The molecule has 4 heteroatoms. The number of methoxy groups -OCH3 is 1. The summed E-state index contributed by atoms with van der Waals surface area (Å²) >= 11 is 3.52. The van der Waals surface area contributed by atoms with Crippen LogP contribution < -0.4 is 4.74 Å². The van der Waals surface area contributed by atoms with Gasteiger partial charge in [0.25, 0.3) is 0 Å². The molecule has 0 atom stereocenters. The van der Waals surface area contributed by atoms with Gasteiger partial charge in [0.2, 0.25) is 6.08 Å². The van der Waals surface area contributed by atoms with Crippen LogP contribution in [0.1, 0.15) is 36.5 Å². The Labute approximate surface area is 110 Å². The zero-order valence-corrected chi connectivity index (χ0v) is 12.1. The van der Waals surface area contributed by atoms with Crippen LogP contribution in [0.15, 0.2) is 15.5 Å². The number of hydrogen-bond acceptors (Lipinski definition) is 3. The Bertz CT molecular complexity index is 463. The molecule has 0 amide bonds. The Morgan fingerprint density at radius 2 is 2.18 bits per heavy atom. The Morgan fingerprint density at radius 3 is 2.65 bits per heavy atom. The molecule has 3 nitrogen and oxygen atoms in total. The lowest BCUT2D eigenvalue weighted by Crippen LogP contribution is -2.02. The summed E-state index contributed by atoms with van der Waals surface area (Å²) in [7, 11) is 1.64. The van der Waals surface area contributed by atoms with Crippen molar-refractivity contribution in [1.29, 1.82) is 0 Å². The largest absolute Gasteiger partial charge is 0.496 e. The molecule has 1 aromatic rings. The summed E-state index contributed by atoms with van der Waals surface area (Å²) in [4.78, 5) is 13.9. The van der Waals surface area contributed by atoms with Gasteiger partial charge < -0.3 is 4.74 Å². The van der Waals surface area contributed by atoms with Crippen LogP contribution in [0.25, 0.3) is 0 Å². The minimum Gasteiger partial charge on any atom is -0.496 e. The van der Waals surface area contributed by atoms with E-state index < -0.39 is 0 Å². The molecular weight excluding hydrogens is 282 g/mol. The van der Waals surface area contributed by atoms with Gasteiger partial charge >= 0.3 is 0 Å². The molecule has 92 valence electrons. The molecule has 0 radical (unpaired) electrons. The standard InChI is InChI=1S/C13H16BrNO2/c1-8(2)10-5-12(14)9(3)11(6-15-7-16)13(10)17-4/h5,8H,6H2,1-4H3. The molecule has 0 saturated heterocycles. The highest BCUT2D eigenvalue weighted by Crippen LogP contribution is 2.36. The number of benzene rings is 1. The average Bonchev–Trinajstić information content (AvgIpc) is 2.30. The zero-order valence-electron chi connectivity index (χ0n) is 10.5. The third-order valence-electron chi connectivity index (χ3n) is 2.76. The van der Waals surface area contributed by atoms with Crippen molar-refractivity contribution in [2.24, 2.45) is 4.99 Å². The number of halogens is 1. The fourth-order valence-corrected chi connectivity index (χ4v) is 2.26. The second-order valence-corrected chi connectivity index (χ2v) is 5.00. The van der Waals surface area contributed by atoms with Gasteiger partial charge in [-0.15, -0.1) is 0 Å². The second-order valence-electron chi connectivity index (χ2n) is 4.15. The lowest BCUT2D eigenvalue weighted by atomic mass is 9.96. The summed E-state index contributed by atoms with van der Waals surface area (Å²) in [5, 5.41) is 0. The molecule has 0 aliphatic heterocycles. The van der Waals surface area contributed by atoms with E-state index >= 15 is 0 Å². The van der Waals surface area contributed by atoms with Gasteiger partial charge in [-0.1, -0.05) is 29.8 Å². The molecule has 0 fully saturated rings. The fraction of sp³-hybridized carbons (Fsp3) is 0.462. The zero-order chi connectivity index (χ0) is 13.0. The average molecular weight is 298 g/mol. The van der Waals surface area contributed by atoms with Gasteiger partial charge in [0.05, 0.1) is 13.7 Å². The highest BCUT2D eigenvalue weighted by Gasteiger charge is 2.16. The number of ether oxygens (including phenoxy) is 1. The van der Waals surface area contributed by atoms with Crippen molar-refractivity contribution in [3.8, 4) is 5.75 Å². The van der Waals surface area contributed by atoms with Crippen LogP contribution in [-0.4, -0.2) is 13.2 Å². The Kier molecular flexibility index (Phi) is 4.91. The van der Waals surface area contributed by atoms with Crippen molar-refractivity contribution in [2.75, 3.05) is 7.11 Å². The molecular formula is C13H16BrNO2. The van der Waals surface area contributed by atoms with Gasteiger partial charge in [-0.2, -0.15) is 0 Å². The van der Waals surface area contributed by atoms with Crippen LogP contribution in [0.4, 0.5) is 0 Å². The van der Waals surface area contributed by atoms with E-state index in [1.54, 1.807) is 13.2 Å². The van der Waals surface area contributed by atoms with Gasteiger partial charge in [0.15, 0.2) is 0 Å². The number of rotatable bonds is 4. The summed E-state index contributed by atoms with van der Waals surface area (Å²) in [5.41, 5.74) is 3.10. The van der Waals surface area contributed by atoms with Crippen molar-refractivity contribution in [3.05, 3.63) is 27.2 Å². The molecule has 1 aromatic carbocycles. The molecule has 0 aliphatic carbocycles. The number of isocyanates is 1. The van der Waals surface area contributed by atoms with E-state index in [0.29, 0.717) is 12.5 Å². The molecule has 0 N–H and O–H groups in total. The van der Waals surface area contributed by atoms with E-state index in [1.165, 1.54) is 0 Å². The second kappa shape index (κ2) is 5.99. The van der Waals surface area contributed by atoms with Gasteiger partial charge in [-0.05, 0) is 30.0 Å². The van der Waals surface area contributed by atoms with Crippen LogP contribution in [0.2, 0.25) is 0 Å². The number of carbonyl (C=O) groups excluding carboxylic acids is 1. The van der Waals surface area contributed by atoms with Crippen LogP contribution in [0.5, 0.6) is 5.75 Å². The van der Waals surface area contributed by atoms with E-state index in [2.05, 4.69) is 40.8 Å². The van der Waals surface area contributed by atoms with E-state index in [0.717, 1.165) is 26.9 Å². The van der Waals surface area contributed by atoms with Crippen molar-refractivity contribution < 1.29 is 9.53 Å². The lowest BCUT2D eigenvalue weighted by molar-refractivity contribution is 0.402. The van der Waals surface area contributed by atoms with Crippen molar-refractivity contribution in [2.45, 2.75) is 33.2 Å². The molecule has 0 heterocycles. The lowest BCUT2D eigenvalue weighted by Gasteiger charge is -2.18. The maximum atomic E-state index is 10.2. The first kappa shape index (κ1) is 13.9. The maximum Gasteiger partial charge on any atom is 0.235 e. The summed E-state index contributed by atoms with van der Waals surface area (Å²) in [6.45, 7) is 6.49. The molecule has 0 aliphatic rings. The molecule has 0 unspecified atom stereocenters. The van der Waals surface area contributed by atoms with Crippen molar-refractivity contribution in [3.63, 3.8) is 0 Å². The molecule has 17 heavy (non-hydrogen) atoms. The normalized spacial score (nSPS) is 10.2. The summed E-state index contributed by atoms with van der Waals surface area (Å²) in [6, 6.07) is 2.06. The minimum absolute atomic E-state index is 0.303. The maximum absolute atomic E-state index is 10.2. The van der Waals surface area contributed by atoms with Gasteiger partial charge in [0, 0.05) is 10.0 Å².